The molecule has 0 unspecified atom stereocenters. The SMILES string of the molecule is COc1cc2c(c(O)c1OC)C(=O)c1c(OC)cc(C)c(OC)c1C2=O. The number of methoxy groups -OCH3 is 4. The van der Waals surface area contributed by atoms with Gasteiger partial charge in [0.15, 0.2) is 17.3 Å². The summed E-state index contributed by atoms with van der Waals surface area (Å²) in [6, 6.07) is 3.00. The van der Waals surface area contributed by atoms with Gasteiger partial charge in [0.2, 0.25) is 11.5 Å². The maximum absolute atomic E-state index is 13.2. The number of carbonyl (C=O) groups excluding carboxylic acids is 2. The highest BCUT2D eigenvalue weighted by Gasteiger charge is 2.39. The Labute approximate surface area is 150 Å². The highest BCUT2D eigenvalue weighted by molar-refractivity contribution is 6.31. The van der Waals surface area contributed by atoms with E-state index in [1.54, 1.807) is 13.0 Å². The van der Waals surface area contributed by atoms with E-state index in [0.717, 1.165) is 0 Å². The molecule has 136 valence electrons. The molecule has 2 aromatic carbocycles. The van der Waals surface area contributed by atoms with E-state index in [1.165, 1.54) is 34.5 Å². The van der Waals surface area contributed by atoms with Crippen LogP contribution in [0.5, 0.6) is 28.7 Å². The summed E-state index contributed by atoms with van der Waals surface area (Å²) >= 11 is 0. The molecule has 0 saturated carbocycles. The molecule has 0 saturated heterocycles. The highest BCUT2D eigenvalue weighted by Crippen LogP contribution is 2.48. The van der Waals surface area contributed by atoms with E-state index >= 15 is 0 Å². The van der Waals surface area contributed by atoms with Crippen LogP contribution >= 0.6 is 0 Å². The van der Waals surface area contributed by atoms with Gasteiger partial charge >= 0.3 is 0 Å². The van der Waals surface area contributed by atoms with E-state index in [0.29, 0.717) is 11.3 Å². The van der Waals surface area contributed by atoms with Gasteiger partial charge in [-0.25, -0.2) is 0 Å². The maximum Gasteiger partial charge on any atom is 0.203 e. The summed E-state index contributed by atoms with van der Waals surface area (Å²) < 4.78 is 21.0. The third kappa shape index (κ3) is 2.20. The molecule has 3 rings (SSSR count). The Kier molecular flexibility index (Phi) is 4.23. The Hall–Kier alpha value is -3.22. The summed E-state index contributed by atoms with van der Waals surface area (Å²) in [5.41, 5.74) is 0.675. The van der Waals surface area contributed by atoms with Crippen molar-refractivity contribution in [2.45, 2.75) is 6.92 Å². The van der Waals surface area contributed by atoms with Gasteiger partial charge in [0.05, 0.1) is 45.1 Å². The van der Waals surface area contributed by atoms with Crippen LogP contribution in [0.1, 0.15) is 37.4 Å². The Morgan fingerprint density at radius 3 is 1.88 bits per heavy atom. The second-order valence-corrected chi connectivity index (χ2v) is 5.72. The minimum Gasteiger partial charge on any atom is -0.504 e. The summed E-state index contributed by atoms with van der Waals surface area (Å²) in [6.45, 7) is 1.75. The highest BCUT2D eigenvalue weighted by atomic mass is 16.5. The molecule has 0 spiro atoms. The second kappa shape index (κ2) is 6.25. The number of phenols is 1. The number of fused-ring (bicyclic) bond motifs is 2. The van der Waals surface area contributed by atoms with Gasteiger partial charge in [-0.1, -0.05) is 0 Å². The first-order valence-electron chi connectivity index (χ1n) is 7.74. The van der Waals surface area contributed by atoms with Gasteiger partial charge in [0.1, 0.15) is 11.5 Å². The number of benzene rings is 2. The van der Waals surface area contributed by atoms with Gasteiger partial charge in [0.25, 0.3) is 0 Å². The summed E-state index contributed by atoms with van der Waals surface area (Å²) in [5.74, 6) is -0.822. The van der Waals surface area contributed by atoms with Crippen molar-refractivity contribution >= 4 is 11.6 Å². The lowest BCUT2D eigenvalue weighted by Crippen LogP contribution is -2.23. The zero-order valence-corrected chi connectivity index (χ0v) is 15.1. The average molecular weight is 358 g/mol. The quantitative estimate of drug-likeness (QED) is 0.766. The zero-order chi connectivity index (χ0) is 19.2. The third-order valence-electron chi connectivity index (χ3n) is 4.42. The standard InChI is InChI=1S/C19H18O7/c1-8-6-10(23-2)13-14(18(8)25-4)15(20)9-7-11(24-3)19(26-5)17(22)12(9)16(13)21/h6-7,22H,1-5H3. The molecule has 0 aliphatic heterocycles. The summed E-state index contributed by atoms with van der Waals surface area (Å²) in [4.78, 5) is 26.3. The van der Waals surface area contributed by atoms with Crippen LogP contribution in [0.4, 0.5) is 0 Å². The first kappa shape index (κ1) is 17.6. The predicted molar refractivity (Wildman–Crippen MR) is 92.4 cm³/mol. The van der Waals surface area contributed by atoms with Gasteiger partial charge in [-0.05, 0) is 24.6 Å². The van der Waals surface area contributed by atoms with E-state index in [1.807, 2.05) is 0 Å². The van der Waals surface area contributed by atoms with Gasteiger partial charge < -0.3 is 24.1 Å². The third-order valence-corrected chi connectivity index (χ3v) is 4.42. The molecule has 1 aliphatic rings. The lowest BCUT2D eigenvalue weighted by molar-refractivity contribution is 0.0970. The minimum absolute atomic E-state index is 0.0172. The van der Waals surface area contributed by atoms with Gasteiger partial charge in [-0.15, -0.1) is 0 Å². The van der Waals surface area contributed by atoms with Crippen molar-refractivity contribution in [2.75, 3.05) is 28.4 Å². The first-order chi connectivity index (χ1) is 12.4. The van der Waals surface area contributed by atoms with Gasteiger partial charge in [-0.2, -0.15) is 0 Å². The largest absolute Gasteiger partial charge is 0.504 e. The van der Waals surface area contributed by atoms with Crippen molar-refractivity contribution < 1.29 is 33.6 Å². The Bertz CT molecular complexity index is 944. The number of hydrogen-bond acceptors (Lipinski definition) is 7. The van der Waals surface area contributed by atoms with E-state index in [9.17, 15) is 14.7 Å². The van der Waals surface area contributed by atoms with Crippen molar-refractivity contribution in [1.82, 2.24) is 0 Å². The number of carbonyl (C=O) groups is 2. The molecule has 1 N–H and O–H groups in total. The number of rotatable bonds is 4. The van der Waals surface area contributed by atoms with Crippen molar-refractivity contribution in [3.63, 3.8) is 0 Å². The van der Waals surface area contributed by atoms with Crippen molar-refractivity contribution in [2.24, 2.45) is 0 Å². The molecule has 2 aromatic rings. The van der Waals surface area contributed by atoms with E-state index in [2.05, 4.69) is 0 Å². The van der Waals surface area contributed by atoms with Crippen molar-refractivity contribution in [3.05, 3.63) is 39.9 Å². The van der Waals surface area contributed by atoms with E-state index in [4.69, 9.17) is 18.9 Å². The van der Waals surface area contributed by atoms with Crippen LogP contribution in [0.15, 0.2) is 12.1 Å². The molecular weight excluding hydrogens is 340 g/mol. The molecule has 7 heteroatoms. The van der Waals surface area contributed by atoms with Crippen LogP contribution in [-0.2, 0) is 0 Å². The van der Waals surface area contributed by atoms with Crippen LogP contribution in [0.2, 0.25) is 0 Å². The lowest BCUT2D eigenvalue weighted by Gasteiger charge is -2.24. The Morgan fingerprint density at radius 1 is 0.731 bits per heavy atom. The van der Waals surface area contributed by atoms with E-state index in [-0.39, 0.29) is 39.5 Å². The molecule has 0 amide bonds. The van der Waals surface area contributed by atoms with Crippen LogP contribution in [0.3, 0.4) is 0 Å². The first-order valence-corrected chi connectivity index (χ1v) is 7.74. The van der Waals surface area contributed by atoms with Crippen molar-refractivity contribution in [1.29, 1.82) is 0 Å². The fraction of sp³-hybridized carbons (Fsp3) is 0.263. The maximum atomic E-state index is 13.2. The van der Waals surface area contributed by atoms with Gasteiger partial charge in [0, 0.05) is 5.56 Å². The molecule has 7 nitrogen and oxygen atoms in total. The fourth-order valence-electron chi connectivity index (χ4n) is 3.28. The molecule has 0 atom stereocenters. The second-order valence-electron chi connectivity index (χ2n) is 5.72. The molecule has 26 heavy (non-hydrogen) atoms. The number of ether oxygens (including phenoxy) is 4. The van der Waals surface area contributed by atoms with Crippen LogP contribution in [0.25, 0.3) is 0 Å². The van der Waals surface area contributed by atoms with Crippen LogP contribution in [0, 0.1) is 6.92 Å². The number of aromatic hydroxyl groups is 1. The monoisotopic (exact) mass is 358 g/mol. The lowest BCUT2D eigenvalue weighted by atomic mass is 9.81. The number of hydrogen-bond donors (Lipinski definition) is 1. The normalized spacial score (nSPS) is 12.3. The zero-order valence-electron chi connectivity index (χ0n) is 15.1. The van der Waals surface area contributed by atoms with Crippen LogP contribution < -0.4 is 18.9 Å². The molecule has 0 bridgehead atoms. The Morgan fingerprint density at radius 2 is 1.35 bits per heavy atom. The minimum atomic E-state index is -0.553. The van der Waals surface area contributed by atoms with Crippen molar-refractivity contribution in [3.8, 4) is 28.7 Å². The number of ketones is 2. The molecule has 1 aliphatic carbocycles. The van der Waals surface area contributed by atoms with Gasteiger partial charge in [-0.3, -0.25) is 9.59 Å². The smallest absolute Gasteiger partial charge is 0.203 e. The van der Waals surface area contributed by atoms with E-state index < -0.39 is 17.3 Å². The Balaban J connectivity index is 2.43. The summed E-state index contributed by atoms with van der Waals surface area (Å²) in [7, 11) is 5.54. The van der Waals surface area contributed by atoms with Crippen LogP contribution in [-0.4, -0.2) is 45.1 Å². The molecule has 0 radical (unpaired) electrons. The average Bonchev–Trinajstić information content (AvgIpc) is 2.64. The fourth-order valence-corrected chi connectivity index (χ4v) is 3.28. The molecule has 0 heterocycles. The molecule has 0 fully saturated rings. The molecular formula is C19H18O7. The topological polar surface area (TPSA) is 91.3 Å². The molecule has 0 aromatic heterocycles. The summed E-state index contributed by atoms with van der Waals surface area (Å²) in [5, 5.41) is 10.6. The number of aryl methyl sites for hydroxylation is 1. The predicted octanol–water partition coefficient (Wildman–Crippen LogP) is 2.51. The number of phenolic OH excluding ortho intramolecular Hbond substituents is 1. The summed E-state index contributed by atoms with van der Waals surface area (Å²) in [6.07, 6.45) is 0.